The number of amides is 2. The molecule has 0 saturated carbocycles. The molecule has 10 heteroatoms. The van der Waals surface area contributed by atoms with Gasteiger partial charge in [-0.2, -0.15) is 0 Å². The van der Waals surface area contributed by atoms with Crippen LogP contribution in [0.5, 0.6) is 5.75 Å². The van der Waals surface area contributed by atoms with Crippen LogP contribution in [0.2, 0.25) is 5.02 Å². The van der Waals surface area contributed by atoms with Crippen molar-refractivity contribution in [2.24, 2.45) is 0 Å². The average Bonchev–Trinajstić information content (AvgIpc) is 2.63. The number of carbonyl (C=O) groups excluding carboxylic acids is 1. The first-order valence-corrected chi connectivity index (χ1v) is 9.62. The molecular weight excluding hydrogens is 414 g/mol. The van der Waals surface area contributed by atoms with Gasteiger partial charge in [-0.05, 0) is 46.1 Å². The van der Waals surface area contributed by atoms with Gasteiger partial charge < -0.3 is 30.1 Å². The van der Waals surface area contributed by atoms with Crippen LogP contribution in [0.25, 0.3) is 0 Å². The predicted octanol–water partition coefficient (Wildman–Crippen LogP) is 2.41. The summed E-state index contributed by atoms with van der Waals surface area (Å²) in [6.45, 7) is 6.38. The van der Waals surface area contributed by atoms with Crippen LogP contribution in [0.4, 0.5) is 4.79 Å². The number of carboxylic acids is 2. The lowest BCUT2D eigenvalue weighted by Crippen LogP contribution is -2.47. The standard InChI is InChI=1S/C16H26ClN3O2.C4H4O4/c1-13(2)20(16(21)18-8-9-19(3)4)10-11-22-15-7-5-6-14(17)12-15;5-3(6)1-2-4(7)8/h5-7,12-13H,8-11H2,1-4H3,(H,18,21);1-2H,(H,5,6)(H,7,8). The second kappa shape index (κ2) is 15.1. The Bertz CT molecular complexity index is 694. The van der Waals surface area contributed by atoms with Gasteiger partial charge in [0.05, 0.1) is 6.54 Å². The lowest BCUT2D eigenvalue weighted by molar-refractivity contribution is -0.134. The number of ether oxygens (including phenoxy) is 1. The fraction of sp³-hybridized carbons (Fsp3) is 0.450. The number of benzene rings is 1. The van der Waals surface area contributed by atoms with Crippen molar-refractivity contribution in [2.75, 3.05) is 40.3 Å². The first-order chi connectivity index (χ1) is 14.0. The minimum absolute atomic E-state index is 0.0634. The highest BCUT2D eigenvalue weighted by molar-refractivity contribution is 6.30. The molecule has 2 amide bonds. The van der Waals surface area contributed by atoms with E-state index in [1.54, 1.807) is 17.0 Å². The second-order valence-electron chi connectivity index (χ2n) is 6.64. The van der Waals surface area contributed by atoms with Crippen molar-refractivity contribution >= 4 is 29.6 Å². The van der Waals surface area contributed by atoms with Crippen molar-refractivity contribution in [3.8, 4) is 5.75 Å². The number of likely N-dealkylation sites (N-methyl/N-ethyl adjacent to an activating group) is 1. The van der Waals surface area contributed by atoms with Crippen LogP contribution in [-0.4, -0.2) is 84.4 Å². The maximum atomic E-state index is 12.2. The third-order valence-electron chi connectivity index (χ3n) is 3.48. The van der Waals surface area contributed by atoms with Gasteiger partial charge in [0.2, 0.25) is 0 Å². The van der Waals surface area contributed by atoms with Crippen LogP contribution in [0, 0.1) is 0 Å². The quantitative estimate of drug-likeness (QED) is 0.475. The third-order valence-corrected chi connectivity index (χ3v) is 3.72. The Morgan fingerprint density at radius 1 is 1.13 bits per heavy atom. The minimum Gasteiger partial charge on any atom is -0.492 e. The van der Waals surface area contributed by atoms with Gasteiger partial charge in [0, 0.05) is 36.3 Å². The van der Waals surface area contributed by atoms with Gasteiger partial charge in [0.1, 0.15) is 12.4 Å². The Morgan fingerprint density at radius 2 is 1.73 bits per heavy atom. The molecule has 168 valence electrons. The highest BCUT2D eigenvalue weighted by Crippen LogP contribution is 2.17. The Hall–Kier alpha value is -2.78. The first kappa shape index (κ1) is 27.2. The molecule has 1 rings (SSSR count). The molecule has 0 aliphatic rings. The van der Waals surface area contributed by atoms with Crippen molar-refractivity contribution in [3.05, 3.63) is 41.4 Å². The minimum atomic E-state index is -1.26. The zero-order valence-electron chi connectivity index (χ0n) is 17.7. The number of carboxylic acid groups (broad SMARTS) is 2. The molecule has 0 radical (unpaired) electrons. The Balaban J connectivity index is 0.000000890. The lowest BCUT2D eigenvalue weighted by atomic mass is 10.3. The Labute approximate surface area is 181 Å². The van der Waals surface area contributed by atoms with Crippen LogP contribution in [0.1, 0.15) is 13.8 Å². The molecule has 3 N–H and O–H groups in total. The predicted molar refractivity (Wildman–Crippen MR) is 115 cm³/mol. The highest BCUT2D eigenvalue weighted by Gasteiger charge is 2.16. The van der Waals surface area contributed by atoms with Crippen molar-refractivity contribution in [3.63, 3.8) is 0 Å². The van der Waals surface area contributed by atoms with Gasteiger partial charge in [0.25, 0.3) is 0 Å². The summed E-state index contributed by atoms with van der Waals surface area (Å²) in [6, 6.07) is 7.30. The second-order valence-corrected chi connectivity index (χ2v) is 7.07. The zero-order valence-corrected chi connectivity index (χ0v) is 18.4. The largest absolute Gasteiger partial charge is 0.492 e. The molecule has 0 spiro atoms. The monoisotopic (exact) mass is 443 g/mol. The van der Waals surface area contributed by atoms with Gasteiger partial charge in [-0.1, -0.05) is 17.7 Å². The van der Waals surface area contributed by atoms with E-state index in [0.717, 1.165) is 6.54 Å². The van der Waals surface area contributed by atoms with Gasteiger partial charge >= 0.3 is 18.0 Å². The summed E-state index contributed by atoms with van der Waals surface area (Å²) in [5, 5.41) is 19.2. The number of urea groups is 1. The molecule has 0 aliphatic carbocycles. The Morgan fingerprint density at radius 3 is 2.20 bits per heavy atom. The fourth-order valence-corrected chi connectivity index (χ4v) is 2.22. The van der Waals surface area contributed by atoms with Crippen LogP contribution in [0.15, 0.2) is 36.4 Å². The number of rotatable bonds is 10. The molecule has 0 atom stereocenters. The van der Waals surface area contributed by atoms with E-state index in [4.69, 9.17) is 26.6 Å². The number of aliphatic carboxylic acids is 2. The van der Waals surface area contributed by atoms with Gasteiger partial charge in [0.15, 0.2) is 0 Å². The van der Waals surface area contributed by atoms with Crippen LogP contribution >= 0.6 is 11.6 Å². The number of nitrogens with zero attached hydrogens (tertiary/aromatic N) is 2. The fourth-order valence-electron chi connectivity index (χ4n) is 2.04. The molecule has 0 fully saturated rings. The molecule has 9 nitrogen and oxygen atoms in total. The van der Waals surface area contributed by atoms with Crippen molar-refractivity contribution in [2.45, 2.75) is 19.9 Å². The number of carbonyl (C=O) groups is 3. The van der Waals surface area contributed by atoms with Crippen molar-refractivity contribution in [1.82, 2.24) is 15.1 Å². The average molecular weight is 444 g/mol. The number of hydrogen-bond acceptors (Lipinski definition) is 5. The molecule has 0 heterocycles. The van der Waals surface area contributed by atoms with Crippen LogP contribution < -0.4 is 10.1 Å². The highest BCUT2D eigenvalue weighted by atomic mass is 35.5. The zero-order chi connectivity index (χ0) is 23.1. The summed E-state index contributed by atoms with van der Waals surface area (Å²) in [5.41, 5.74) is 0. The van der Waals surface area contributed by atoms with E-state index in [1.807, 2.05) is 45.0 Å². The molecular formula is C20H30ClN3O6. The first-order valence-electron chi connectivity index (χ1n) is 9.24. The van der Waals surface area contributed by atoms with E-state index in [9.17, 15) is 14.4 Å². The van der Waals surface area contributed by atoms with Crippen molar-refractivity contribution in [1.29, 1.82) is 0 Å². The maximum Gasteiger partial charge on any atom is 0.328 e. The molecule has 0 bridgehead atoms. The molecule has 30 heavy (non-hydrogen) atoms. The van der Waals surface area contributed by atoms with E-state index >= 15 is 0 Å². The molecule has 0 unspecified atom stereocenters. The summed E-state index contributed by atoms with van der Waals surface area (Å²) in [7, 11) is 3.95. The SMILES string of the molecule is CC(C)N(CCOc1cccc(Cl)c1)C(=O)NCCN(C)C.O=C(O)C=CC(=O)O. The van der Waals surface area contributed by atoms with E-state index in [0.29, 0.717) is 42.6 Å². The van der Waals surface area contributed by atoms with Gasteiger partial charge in [-0.3, -0.25) is 0 Å². The smallest absolute Gasteiger partial charge is 0.328 e. The summed E-state index contributed by atoms with van der Waals surface area (Å²) >= 11 is 5.91. The maximum absolute atomic E-state index is 12.2. The van der Waals surface area contributed by atoms with E-state index in [1.165, 1.54) is 0 Å². The van der Waals surface area contributed by atoms with Gasteiger partial charge in [-0.15, -0.1) is 0 Å². The molecule has 1 aromatic carbocycles. The summed E-state index contributed by atoms with van der Waals surface area (Å²) in [5.74, 6) is -1.80. The van der Waals surface area contributed by atoms with E-state index in [2.05, 4.69) is 5.32 Å². The number of nitrogens with one attached hydrogen (secondary N) is 1. The normalized spacial score (nSPS) is 10.5. The summed E-state index contributed by atoms with van der Waals surface area (Å²) < 4.78 is 5.65. The van der Waals surface area contributed by atoms with Crippen LogP contribution in [-0.2, 0) is 9.59 Å². The van der Waals surface area contributed by atoms with E-state index in [-0.39, 0.29) is 12.1 Å². The summed E-state index contributed by atoms with van der Waals surface area (Å²) in [4.78, 5) is 35.1. The summed E-state index contributed by atoms with van der Waals surface area (Å²) in [6.07, 6.45) is 1.12. The Kier molecular flexibility index (Phi) is 13.7. The lowest BCUT2D eigenvalue weighted by Gasteiger charge is -2.27. The molecule has 0 saturated heterocycles. The topological polar surface area (TPSA) is 119 Å². The molecule has 1 aromatic rings. The van der Waals surface area contributed by atoms with E-state index < -0.39 is 11.9 Å². The molecule has 0 aliphatic heterocycles. The van der Waals surface area contributed by atoms with Crippen LogP contribution in [0.3, 0.4) is 0 Å². The molecule has 0 aromatic heterocycles. The van der Waals surface area contributed by atoms with Gasteiger partial charge in [-0.25, -0.2) is 14.4 Å². The number of hydrogen-bond donors (Lipinski definition) is 3. The van der Waals surface area contributed by atoms with Crippen molar-refractivity contribution < 1.29 is 29.3 Å². The number of halogens is 1. The third kappa shape index (κ3) is 14.3.